The predicted octanol–water partition coefficient (Wildman–Crippen LogP) is 3.55. The van der Waals surface area contributed by atoms with Crippen LogP contribution in [-0.2, 0) is 4.79 Å². The molecular weight excluding hydrogens is 394 g/mol. The first-order valence-corrected chi connectivity index (χ1v) is 10.5. The molecule has 0 spiro atoms. The summed E-state index contributed by atoms with van der Waals surface area (Å²) in [5.74, 6) is 1.79. The zero-order chi connectivity index (χ0) is 22.1. The molecular formula is C24H27N3O4. The zero-order valence-corrected chi connectivity index (χ0v) is 18.2. The van der Waals surface area contributed by atoms with Gasteiger partial charge >= 0.3 is 0 Å². The number of aromatic nitrogens is 2. The highest BCUT2D eigenvalue weighted by molar-refractivity contribution is 5.82. The number of rotatable bonds is 5. The van der Waals surface area contributed by atoms with Crippen LogP contribution in [0.4, 0.5) is 0 Å². The molecule has 0 radical (unpaired) electrons. The molecule has 2 atom stereocenters. The molecule has 1 aliphatic heterocycles. The molecule has 7 nitrogen and oxygen atoms in total. The van der Waals surface area contributed by atoms with Gasteiger partial charge in [-0.05, 0) is 49.6 Å². The van der Waals surface area contributed by atoms with E-state index >= 15 is 0 Å². The van der Waals surface area contributed by atoms with Gasteiger partial charge < -0.3 is 14.8 Å². The minimum Gasteiger partial charge on any atom is -0.486 e. The summed E-state index contributed by atoms with van der Waals surface area (Å²) in [6.45, 7) is 8.59. The maximum absolute atomic E-state index is 13.2. The Balaban J connectivity index is 1.63. The molecule has 0 unspecified atom stereocenters. The number of hydrogen-bond acceptors (Lipinski definition) is 5. The molecule has 4 rings (SSSR count). The highest BCUT2D eigenvalue weighted by Gasteiger charge is 2.26. The van der Waals surface area contributed by atoms with E-state index in [1.165, 1.54) is 4.57 Å². The summed E-state index contributed by atoms with van der Waals surface area (Å²) in [6, 6.07) is 12.0. The maximum atomic E-state index is 13.2. The summed E-state index contributed by atoms with van der Waals surface area (Å²) in [4.78, 5) is 30.8. The molecule has 0 fully saturated rings. The van der Waals surface area contributed by atoms with Crippen molar-refractivity contribution in [2.24, 2.45) is 5.92 Å². The molecule has 7 heteroatoms. The number of benzene rings is 2. The number of carbonyl (C=O) groups excluding carboxylic acids is 1. The molecule has 31 heavy (non-hydrogen) atoms. The molecule has 162 valence electrons. The molecule has 1 aliphatic rings. The van der Waals surface area contributed by atoms with Gasteiger partial charge in [0.05, 0.1) is 16.9 Å². The number of nitrogens with zero attached hydrogens (tertiary/aromatic N) is 2. The Morgan fingerprint density at radius 1 is 1.06 bits per heavy atom. The van der Waals surface area contributed by atoms with Crippen LogP contribution in [0, 0.1) is 12.8 Å². The molecule has 1 N–H and O–H groups in total. The first kappa shape index (κ1) is 20.9. The molecule has 1 aromatic heterocycles. The average molecular weight is 421 g/mol. The Kier molecular flexibility index (Phi) is 5.67. The lowest BCUT2D eigenvalue weighted by Gasteiger charge is -2.27. The highest BCUT2D eigenvalue weighted by atomic mass is 16.6. The quantitative estimate of drug-likeness (QED) is 0.681. The number of ether oxygens (including phenoxy) is 2. The fourth-order valence-electron chi connectivity index (χ4n) is 3.99. The third kappa shape index (κ3) is 4.00. The number of amides is 1. The minimum absolute atomic E-state index is 0.131. The standard InChI is InChI=1S/C24H27N3O4/c1-14(2)22(17-9-10-20-21(13-17)31-12-11-30-20)26-23(28)15(3)27-16(4)25-19-8-6-5-7-18(19)24(27)29/h5-10,13-15,22H,11-12H2,1-4H3,(H,26,28)/t15-,22-/m0/s1. The van der Waals surface area contributed by atoms with Gasteiger partial charge in [0, 0.05) is 0 Å². The monoisotopic (exact) mass is 421 g/mol. The lowest BCUT2D eigenvalue weighted by Crippen LogP contribution is -2.40. The van der Waals surface area contributed by atoms with E-state index in [4.69, 9.17) is 9.47 Å². The number of hydrogen-bond donors (Lipinski definition) is 1. The molecule has 0 saturated heterocycles. The van der Waals surface area contributed by atoms with E-state index in [0.29, 0.717) is 41.4 Å². The van der Waals surface area contributed by atoms with Gasteiger partial charge in [-0.1, -0.05) is 32.0 Å². The van der Waals surface area contributed by atoms with Crippen molar-refractivity contribution in [2.75, 3.05) is 13.2 Å². The number of aryl methyl sites for hydroxylation is 1. The van der Waals surface area contributed by atoms with Gasteiger partial charge in [-0.25, -0.2) is 4.98 Å². The van der Waals surface area contributed by atoms with Gasteiger partial charge in [0.15, 0.2) is 11.5 Å². The Bertz CT molecular complexity index is 1190. The number of nitrogens with one attached hydrogen (secondary N) is 1. The van der Waals surface area contributed by atoms with Crippen molar-refractivity contribution in [3.63, 3.8) is 0 Å². The van der Waals surface area contributed by atoms with Crippen molar-refractivity contribution in [3.8, 4) is 11.5 Å². The first-order valence-electron chi connectivity index (χ1n) is 10.5. The van der Waals surface area contributed by atoms with E-state index in [9.17, 15) is 9.59 Å². The SMILES string of the molecule is Cc1nc2ccccc2c(=O)n1[C@@H](C)C(=O)N[C@H](c1ccc2c(c1)OCCO2)C(C)C. The van der Waals surface area contributed by atoms with E-state index in [2.05, 4.69) is 10.3 Å². The van der Waals surface area contributed by atoms with Crippen LogP contribution in [-0.4, -0.2) is 28.7 Å². The van der Waals surface area contributed by atoms with Crippen molar-refractivity contribution in [2.45, 2.75) is 39.8 Å². The van der Waals surface area contributed by atoms with E-state index < -0.39 is 6.04 Å². The second-order valence-electron chi connectivity index (χ2n) is 8.16. The Morgan fingerprint density at radius 3 is 2.52 bits per heavy atom. The summed E-state index contributed by atoms with van der Waals surface area (Å²) in [5, 5.41) is 3.62. The first-order chi connectivity index (χ1) is 14.9. The van der Waals surface area contributed by atoms with Gasteiger partial charge in [0.2, 0.25) is 5.91 Å². The average Bonchev–Trinajstić information content (AvgIpc) is 2.76. The summed E-state index contributed by atoms with van der Waals surface area (Å²) < 4.78 is 12.8. The van der Waals surface area contributed by atoms with Crippen molar-refractivity contribution in [1.82, 2.24) is 14.9 Å². The minimum atomic E-state index is -0.705. The molecule has 3 aromatic rings. The Morgan fingerprint density at radius 2 is 1.77 bits per heavy atom. The fraction of sp³-hybridized carbons (Fsp3) is 0.375. The van der Waals surface area contributed by atoms with Crippen LogP contribution in [0.25, 0.3) is 10.9 Å². The predicted molar refractivity (Wildman–Crippen MR) is 119 cm³/mol. The Hall–Kier alpha value is -3.35. The molecule has 0 saturated carbocycles. The van der Waals surface area contributed by atoms with Crippen molar-refractivity contribution < 1.29 is 14.3 Å². The van der Waals surface area contributed by atoms with Crippen LogP contribution in [0.5, 0.6) is 11.5 Å². The topological polar surface area (TPSA) is 82.5 Å². The van der Waals surface area contributed by atoms with Gasteiger partial charge in [0.1, 0.15) is 25.1 Å². The smallest absolute Gasteiger partial charge is 0.262 e. The van der Waals surface area contributed by atoms with Gasteiger partial charge in [-0.15, -0.1) is 0 Å². The third-order valence-electron chi connectivity index (χ3n) is 5.64. The summed E-state index contributed by atoms with van der Waals surface area (Å²) in [7, 11) is 0. The number of fused-ring (bicyclic) bond motifs is 2. The van der Waals surface area contributed by atoms with E-state index in [0.717, 1.165) is 5.56 Å². The fourth-order valence-corrected chi connectivity index (χ4v) is 3.99. The van der Waals surface area contributed by atoms with E-state index in [1.807, 2.05) is 38.1 Å². The summed E-state index contributed by atoms with van der Waals surface area (Å²) in [5.41, 5.74) is 1.34. The van der Waals surface area contributed by atoms with E-state index in [1.54, 1.807) is 32.0 Å². The lowest BCUT2D eigenvalue weighted by molar-refractivity contribution is -0.125. The second-order valence-corrected chi connectivity index (χ2v) is 8.16. The van der Waals surface area contributed by atoms with Crippen LogP contribution >= 0.6 is 0 Å². The molecule has 1 amide bonds. The maximum Gasteiger partial charge on any atom is 0.262 e. The van der Waals surface area contributed by atoms with E-state index in [-0.39, 0.29) is 23.4 Å². The van der Waals surface area contributed by atoms with Crippen molar-refractivity contribution in [1.29, 1.82) is 0 Å². The van der Waals surface area contributed by atoms with Crippen molar-refractivity contribution >= 4 is 16.8 Å². The summed E-state index contributed by atoms with van der Waals surface area (Å²) >= 11 is 0. The van der Waals surface area contributed by atoms with Crippen LogP contribution in [0.15, 0.2) is 47.3 Å². The third-order valence-corrected chi connectivity index (χ3v) is 5.64. The van der Waals surface area contributed by atoms with Gasteiger partial charge in [-0.3, -0.25) is 14.2 Å². The van der Waals surface area contributed by atoms with Gasteiger partial charge in [-0.2, -0.15) is 0 Å². The largest absolute Gasteiger partial charge is 0.486 e. The second kappa shape index (κ2) is 8.41. The molecule has 0 bridgehead atoms. The number of para-hydroxylation sites is 1. The van der Waals surface area contributed by atoms with Crippen molar-refractivity contribution in [3.05, 3.63) is 64.2 Å². The van der Waals surface area contributed by atoms with Crippen LogP contribution < -0.4 is 20.3 Å². The van der Waals surface area contributed by atoms with Crippen LogP contribution in [0.3, 0.4) is 0 Å². The summed E-state index contributed by atoms with van der Waals surface area (Å²) in [6.07, 6.45) is 0. The molecule has 2 heterocycles. The normalized spacial score (nSPS) is 15.0. The van der Waals surface area contributed by atoms with Crippen LogP contribution in [0.2, 0.25) is 0 Å². The van der Waals surface area contributed by atoms with Crippen LogP contribution in [0.1, 0.15) is 44.2 Å². The zero-order valence-electron chi connectivity index (χ0n) is 18.2. The lowest BCUT2D eigenvalue weighted by atomic mass is 9.95. The number of carbonyl (C=O) groups is 1. The Labute approximate surface area is 181 Å². The molecule has 2 aromatic carbocycles. The van der Waals surface area contributed by atoms with Gasteiger partial charge in [0.25, 0.3) is 5.56 Å². The highest BCUT2D eigenvalue weighted by Crippen LogP contribution is 2.34. The molecule has 0 aliphatic carbocycles.